The van der Waals surface area contributed by atoms with Crippen LogP contribution < -0.4 is 5.32 Å². The van der Waals surface area contributed by atoms with Gasteiger partial charge in [-0.3, -0.25) is 29.8 Å². The summed E-state index contributed by atoms with van der Waals surface area (Å²) in [5.41, 5.74) is 0.0817. The number of non-ortho nitro benzene ring substituents is 2. The molecule has 0 aliphatic carbocycles. The minimum atomic E-state index is -0.724. The molecule has 0 saturated heterocycles. The van der Waals surface area contributed by atoms with Crippen molar-refractivity contribution >= 4 is 34.8 Å². The lowest BCUT2D eigenvalue weighted by Crippen LogP contribution is -2.18. The molecule has 0 bridgehead atoms. The summed E-state index contributed by atoms with van der Waals surface area (Å²) in [4.78, 5) is 44.4. The van der Waals surface area contributed by atoms with Crippen molar-refractivity contribution < 1.29 is 19.4 Å². The molecule has 0 spiro atoms. The molecule has 26 heavy (non-hydrogen) atoms. The van der Waals surface area contributed by atoms with Gasteiger partial charge in [-0.25, -0.2) is 0 Å². The molecule has 1 N–H and O–H groups in total. The van der Waals surface area contributed by atoms with E-state index in [0.29, 0.717) is 5.56 Å². The minimum Gasteiger partial charge on any atom is -0.322 e. The third-order valence-electron chi connectivity index (χ3n) is 3.35. The summed E-state index contributed by atoms with van der Waals surface area (Å²) >= 11 is 0. The van der Waals surface area contributed by atoms with Gasteiger partial charge >= 0.3 is 0 Å². The van der Waals surface area contributed by atoms with E-state index in [4.69, 9.17) is 0 Å². The number of rotatable bonds is 6. The number of ketones is 1. The molecule has 9 heteroatoms. The van der Waals surface area contributed by atoms with Gasteiger partial charge in [-0.15, -0.1) is 0 Å². The van der Waals surface area contributed by atoms with Gasteiger partial charge in [0.15, 0.2) is 5.78 Å². The predicted molar refractivity (Wildman–Crippen MR) is 93.5 cm³/mol. The van der Waals surface area contributed by atoms with E-state index >= 15 is 0 Å². The maximum Gasteiger partial charge on any atom is 0.270 e. The highest BCUT2D eigenvalue weighted by Crippen LogP contribution is 2.19. The Morgan fingerprint density at radius 2 is 1.58 bits per heavy atom. The molecule has 9 nitrogen and oxygen atoms in total. The SMILES string of the molecule is CC(=O)/C(=C\c1cccc([N+](=O)[O-])c1)C(=O)Nc1ccc([N+](=O)[O-])cc1. The van der Waals surface area contributed by atoms with Crippen molar-refractivity contribution in [2.75, 3.05) is 5.32 Å². The fourth-order valence-electron chi connectivity index (χ4n) is 2.09. The van der Waals surface area contributed by atoms with Gasteiger partial charge in [0.05, 0.1) is 15.4 Å². The Kier molecular flexibility index (Phi) is 5.53. The first kappa shape index (κ1) is 18.5. The molecule has 0 saturated carbocycles. The smallest absolute Gasteiger partial charge is 0.270 e. The zero-order chi connectivity index (χ0) is 19.3. The third-order valence-corrected chi connectivity index (χ3v) is 3.35. The normalized spacial score (nSPS) is 10.9. The van der Waals surface area contributed by atoms with Crippen molar-refractivity contribution in [1.82, 2.24) is 0 Å². The summed E-state index contributed by atoms with van der Waals surface area (Å²) < 4.78 is 0. The number of carbonyl (C=O) groups excluding carboxylic acids is 2. The molecule has 2 aromatic rings. The summed E-state index contributed by atoms with van der Waals surface area (Å²) in [6.45, 7) is 1.19. The van der Waals surface area contributed by atoms with Crippen LogP contribution in [0.5, 0.6) is 0 Å². The number of anilines is 1. The number of nitro groups is 2. The molecule has 0 aliphatic heterocycles. The quantitative estimate of drug-likeness (QED) is 0.278. The van der Waals surface area contributed by atoms with Crippen LogP contribution in [0.2, 0.25) is 0 Å². The molecule has 0 radical (unpaired) electrons. The highest BCUT2D eigenvalue weighted by atomic mass is 16.6. The van der Waals surface area contributed by atoms with Crippen molar-refractivity contribution in [2.45, 2.75) is 6.92 Å². The molecule has 1 amide bonds. The first-order valence-corrected chi connectivity index (χ1v) is 7.31. The topological polar surface area (TPSA) is 132 Å². The van der Waals surface area contributed by atoms with E-state index in [9.17, 15) is 29.8 Å². The van der Waals surface area contributed by atoms with Gasteiger partial charge in [0.2, 0.25) is 0 Å². The zero-order valence-corrected chi connectivity index (χ0v) is 13.5. The Morgan fingerprint density at radius 1 is 0.962 bits per heavy atom. The first-order valence-electron chi connectivity index (χ1n) is 7.31. The lowest BCUT2D eigenvalue weighted by Gasteiger charge is -2.07. The van der Waals surface area contributed by atoms with Crippen LogP contribution in [0, 0.1) is 20.2 Å². The molecule has 2 aromatic carbocycles. The van der Waals surface area contributed by atoms with Crippen molar-refractivity contribution in [2.24, 2.45) is 0 Å². The summed E-state index contributed by atoms with van der Waals surface area (Å²) in [6.07, 6.45) is 1.25. The maximum absolute atomic E-state index is 12.3. The van der Waals surface area contributed by atoms with E-state index in [0.717, 1.165) is 0 Å². The summed E-state index contributed by atoms with van der Waals surface area (Å²) in [5, 5.41) is 23.9. The van der Waals surface area contributed by atoms with Crippen LogP contribution in [-0.2, 0) is 9.59 Å². The number of Topliss-reactive ketones (excluding diaryl/α,β-unsaturated/α-hetero) is 1. The number of nitrogens with one attached hydrogen (secondary N) is 1. The van der Waals surface area contributed by atoms with Gasteiger partial charge in [-0.05, 0) is 30.7 Å². The molecule has 0 atom stereocenters. The average Bonchev–Trinajstić information content (AvgIpc) is 2.60. The van der Waals surface area contributed by atoms with Crippen LogP contribution in [0.15, 0.2) is 54.1 Å². The molecule has 132 valence electrons. The second-order valence-corrected chi connectivity index (χ2v) is 5.22. The average molecular weight is 355 g/mol. The zero-order valence-electron chi connectivity index (χ0n) is 13.5. The highest BCUT2D eigenvalue weighted by molar-refractivity contribution is 6.25. The molecule has 0 aliphatic rings. The second kappa shape index (κ2) is 7.79. The van der Waals surface area contributed by atoms with Crippen molar-refractivity contribution in [3.05, 3.63) is 79.9 Å². The van der Waals surface area contributed by atoms with E-state index in [2.05, 4.69) is 5.32 Å². The Morgan fingerprint density at radius 3 is 2.12 bits per heavy atom. The molecule has 2 rings (SSSR count). The Hall–Kier alpha value is -3.88. The highest BCUT2D eigenvalue weighted by Gasteiger charge is 2.16. The second-order valence-electron chi connectivity index (χ2n) is 5.22. The summed E-state index contributed by atoms with van der Waals surface area (Å²) in [7, 11) is 0. The molecular weight excluding hydrogens is 342 g/mol. The standard InChI is InChI=1S/C17H13N3O6/c1-11(21)16(10-12-3-2-4-15(9-12)20(25)26)17(22)18-13-5-7-14(8-6-13)19(23)24/h2-10H,1H3,(H,18,22)/b16-10+. The lowest BCUT2D eigenvalue weighted by atomic mass is 10.1. The van der Waals surface area contributed by atoms with Crippen LogP contribution in [0.4, 0.5) is 17.1 Å². The third kappa shape index (κ3) is 4.57. The van der Waals surface area contributed by atoms with Crippen LogP contribution >= 0.6 is 0 Å². The maximum atomic E-state index is 12.3. The molecule has 0 aromatic heterocycles. The van der Waals surface area contributed by atoms with Crippen molar-refractivity contribution in [3.63, 3.8) is 0 Å². The first-order chi connectivity index (χ1) is 12.3. The minimum absolute atomic E-state index is 0.137. The molecule has 0 fully saturated rings. The van der Waals surface area contributed by atoms with Crippen molar-refractivity contribution in [3.8, 4) is 0 Å². The summed E-state index contributed by atoms with van der Waals surface area (Å²) in [5.74, 6) is -1.26. The number of benzene rings is 2. The Bertz CT molecular complexity index is 918. The number of amides is 1. The van der Waals surface area contributed by atoms with E-state index in [-0.39, 0.29) is 22.6 Å². The van der Waals surface area contributed by atoms with E-state index in [1.807, 2.05) is 0 Å². The van der Waals surface area contributed by atoms with E-state index < -0.39 is 21.5 Å². The van der Waals surface area contributed by atoms with Crippen LogP contribution in [0.3, 0.4) is 0 Å². The fourth-order valence-corrected chi connectivity index (χ4v) is 2.09. The Labute approximate surface area is 147 Å². The largest absolute Gasteiger partial charge is 0.322 e. The Balaban J connectivity index is 2.27. The van der Waals surface area contributed by atoms with Gasteiger partial charge in [0.25, 0.3) is 17.3 Å². The van der Waals surface area contributed by atoms with E-state index in [1.54, 1.807) is 0 Å². The van der Waals surface area contributed by atoms with Gasteiger partial charge < -0.3 is 5.32 Å². The van der Waals surface area contributed by atoms with Gasteiger partial charge in [-0.2, -0.15) is 0 Å². The monoisotopic (exact) mass is 355 g/mol. The molecule has 0 unspecified atom stereocenters. The lowest BCUT2D eigenvalue weighted by molar-refractivity contribution is -0.385. The fraction of sp³-hybridized carbons (Fsp3) is 0.0588. The van der Waals surface area contributed by atoms with Crippen LogP contribution in [0.25, 0.3) is 6.08 Å². The molecule has 0 heterocycles. The molecular formula is C17H13N3O6. The van der Waals surface area contributed by atoms with Gasteiger partial charge in [0, 0.05) is 30.0 Å². The van der Waals surface area contributed by atoms with Gasteiger partial charge in [0.1, 0.15) is 0 Å². The van der Waals surface area contributed by atoms with Gasteiger partial charge in [-0.1, -0.05) is 12.1 Å². The number of carbonyl (C=O) groups is 2. The van der Waals surface area contributed by atoms with Crippen LogP contribution in [-0.4, -0.2) is 21.5 Å². The van der Waals surface area contributed by atoms with Crippen molar-refractivity contribution in [1.29, 1.82) is 0 Å². The summed E-state index contributed by atoms with van der Waals surface area (Å²) in [6, 6.07) is 10.6. The van der Waals surface area contributed by atoms with Crippen LogP contribution in [0.1, 0.15) is 12.5 Å². The number of hydrogen-bond acceptors (Lipinski definition) is 6. The van der Waals surface area contributed by atoms with E-state index in [1.165, 1.54) is 61.5 Å². The predicted octanol–water partition coefficient (Wildman–Crippen LogP) is 3.11. The number of hydrogen-bond donors (Lipinski definition) is 1. The number of nitro benzene ring substituents is 2. The number of nitrogens with zero attached hydrogens (tertiary/aromatic N) is 2.